The van der Waals surface area contributed by atoms with E-state index in [1.807, 2.05) is 25.1 Å². The normalized spacial score (nSPS) is 11.4. The van der Waals surface area contributed by atoms with E-state index in [0.717, 1.165) is 5.69 Å². The van der Waals surface area contributed by atoms with Gasteiger partial charge in [0.25, 0.3) is 5.91 Å². The van der Waals surface area contributed by atoms with Crippen molar-refractivity contribution in [3.8, 4) is 0 Å². The van der Waals surface area contributed by atoms with E-state index in [4.69, 9.17) is 0 Å². The van der Waals surface area contributed by atoms with Gasteiger partial charge in [0.05, 0.1) is 5.69 Å². The summed E-state index contributed by atoms with van der Waals surface area (Å²) in [5.41, 5.74) is 1.69. The topological polar surface area (TPSA) is 42.0 Å². The van der Waals surface area contributed by atoms with Gasteiger partial charge in [-0.15, -0.1) is 11.3 Å². The number of carbonyl (C=O) groups excluding carboxylic acids is 1. The zero-order valence-electron chi connectivity index (χ0n) is 11.7. The Balaban J connectivity index is 2.19. The molecule has 1 aromatic heterocycles. The van der Waals surface area contributed by atoms with E-state index in [1.54, 1.807) is 23.5 Å². The summed E-state index contributed by atoms with van der Waals surface area (Å²) in [5, 5.41) is 3.52. The van der Waals surface area contributed by atoms with Gasteiger partial charge < -0.3 is 0 Å². The van der Waals surface area contributed by atoms with Gasteiger partial charge in [-0.05, 0) is 24.5 Å². The predicted molar refractivity (Wildman–Crippen MR) is 79.9 cm³/mol. The number of rotatable bonds is 2. The van der Waals surface area contributed by atoms with E-state index < -0.39 is 0 Å². The average Bonchev–Trinajstić information content (AvgIpc) is 2.71. The highest BCUT2D eigenvalue weighted by Gasteiger charge is 2.21. The fourth-order valence-electron chi connectivity index (χ4n) is 1.90. The van der Waals surface area contributed by atoms with Gasteiger partial charge in [-0.25, -0.2) is 4.98 Å². The Bertz CT molecular complexity index is 582. The number of carbonyl (C=O) groups is 1. The number of thiazole rings is 1. The van der Waals surface area contributed by atoms with Crippen molar-refractivity contribution in [1.82, 2.24) is 4.98 Å². The molecule has 0 atom stereocenters. The number of nitrogens with zero attached hydrogens (tertiary/aromatic N) is 1. The van der Waals surface area contributed by atoms with Crippen LogP contribution in [0.2, 0.25) is 0 Å². The number of amides is 1. The van der Waals surface area contributed by atoms with Crippen molar-refractivity contribution in [1.29, 1.82) is 0 Å². The lowest BCUT2D eigenvalue weighted by Crippen LogP contribution is -2.11. The SMILES string of the molecule is Cc1nc(NC(=O)c2ccccc2)sc1C(C)(C)C. The minimum Gasteiger partial charge on any atom is -0.298 e. The Morgan fingerprint density at radius 2 is 1.84 bits per heavy atom. The molecule has 4 heteroatoms. The van der Waals surface area contributed by atoms with Gasteiger partial charge in [-0.3, -0.25) is 10.1 Å². The Morgan fingerprint density at radius 1 is 1.21 bits per heavy atom. The number of anilines is 1. The van der Waals surface area contributed by atoms with Crippen molar-refractivity contribution >= 4 is 22.4 Å². The second kappa shape index (κ2) is 5.13. The Hall–Kier alpha value is -1.68. The monoisotopic (exact) mass is 274 g/mol. The van der Waals surface area contributed by atoms with Gasteiger partial charge in [0.1, 0.15) is 0 Å². The number of aryl methyl sites for hydroxylation is 1. The second-order valence-corrected chi connectivity index (χ2v) is 6.50. The summed E-state index contributed by atoms with van der Waals surface area (Å²) in [7, 11) is 0. The van der Waals surface area contributed by atoms with Crippen LogP contribution < -0.4 is 5.32 Å². The van der Waals surface area contributed by atoms with E-state index in [0.29, 0.717) is 10.7 Å². The van der Waals surface area contributed by atoms with Gasteiger partial charge in [0, 0.05) is 10.4 Å². The maximum atomic E-state index is 12.0. The third-order valence-corrected chi connectivity index (χ3v) is 4.23. The Kier molecular flexibility index (Phi) is 3.71. The smallest absolute Gasteiger partial charge is 0.257 e. The molecule has 0 aliphatic rings. The standard InChI is InChI=1S/C15H18N2OS/c1-10-12(15(2,3)4)19-14(16-10)17-13(18)11-8-6-5-7-9-11/h5-9H,1-4H3,(H,16,17,18). The van der Waals surface area contributed by atoms with Crippen molar-refractivity contribution in [3.63, 3.8) is 0 Å². The molecule has 0 spiro atoms. The van der Waals surface area contributed by atoms with Crippen molar-refractivity contribution < 1.29 is 4.79 Å². The minimum absolute atomic E-state index is 0.0531. The summed E-state index contributed by atoms with van der Waals surface area (Å²) < 4.78 is 0. The number of benzene rings is 1. The average molecular weight is 274 g/mol. The summed E-state index contributed by atoms with van der Waals surface area (Å²) in [6.07, 6.45) is 0. The maximum absolute atomic E-state index is 12.0. The highest BCUT2D eigenvalue weighted by Crippen LogP contribution is 2.33. The predicted octanol–water partition coefficient (Wildman–Crippen LogP) is 4.00. The minimum atomic E-state index is -0.116. The van der Waals surface area contributed by atoms with Crippen molar-refractivity contribution in [2.45, 2.75) is 33.1 Å². The van der Waals surface area contributed by atoms with Crippen LogP contribution in [-0.2, 0) is 5.41 Å². The lowest BCUT2D eigenvalue weighted by atomic mass is 9.94. The lowest BCUT2D eigenvalue weighted by Gasteiger charge is -2.16. The molecule has 0 aliphatic carbocycles. The van der Waals surface area contributed by atoms with Gasteiger partial charge >= 0.3 is 0 Å². The van der Waals surface area contributed by atoms with E-state index >= 15 is 0 Å². The molecule has 2 rings (SSSR count). The van der Waals surface area contributed by atoms with Crippen LogP contribution in [0.25, 0.3) is 0 Å². The molecule has 2 aromatic rings. The zero-order valence-corrected chi connectivity index (χ0v) is 12.5. The molecule has 0 aliphatic heterocycles. The van der Waals surface area contributed by atoms with Crippen molar-refractivity contribution in [2.24, 2.45) is 0 Å². The summed E-state index contributed by atoms with van der Waals surface area (Å²) in [6, 6.07) is 9.17. The van der Waals surface area contributed by atoms with Crippen LogP contribution in [0.3, 0.4) is 0 Å². The molecule has 19 heavy (non-hydrogen) atoms. The molecule has 3 nitrogen and oxygen atoms in total. The summed E-state index contributed by atoms with van der Waals surface area (Å²) in [6.45, 7) is 8.43. The highest BCUT2D eigenvalue weighted by molar-refractivity contribution is 7.16. The first-order chi connectivity index (χ1) is 8.88. The van der Waals surface area contributed by atoms with Crippen LogP contribution in [0, 0.1) is 6.92 Å². The first kappa shape index (κ1) is 13.7. The fourth-order valence-corrected chi connectivity index (χ4v) is 2.92. The van der Waals surface area contributed by atoms with Crippen LogP contribution in [0.15, 0.2) is 30.3 Å². The molecule has 100 valence electrons. The van der Waals surface area contributed by atoms with E-state index in [9.17, 15) is 4.79 Å². The first-order valence-corrected chi connectivity index (χ1v) is 7.04. The molecule has 0 unspecified atom stereocenters. The molecular formula is C15H18N2OS. The fraction of sp³-hybridized carbons (Fsp3) is 0.333. The molecule has 0 saturated carbocycles. The van der Waals surface area contributed by atoms with Crippen LogP contribution in [0.5, 0.6) is 0 Å². The van der Waals surface area contributed by atoms with Crippen molar-refractivity contribution in [3.05, 3.63) is 46.5 Å². The lowest BCUT2D eigenvalue weighted by molar-refractivity contribution is 0.102. The van der Waals surface area contributed by atoms with Crippen LogP contribution in [-0.4, -0.2) is 10.9 Å². The Labute approximate surface area is 117 Å². The zero-order chi connectivity index (χ0) is 14.0. The summed E-state index contributed by atoms with van der Waals surface area (Å²) >= 11 is 1.55. The van der Waals surface area contributed by atoms with Crippen molar-refractivity contribution in [2.75, 3.05) is 5.32 Å². The summed E-state index contributed by atoms with van der Waals surface area (Å²) in [4.78, 5) is 17.7. The molecule has 0 saturated heterocycles. The highest BCUT2D eigenvalue weighted by atomic mass is 32.1. The van der Waals surface area contributed by atoms with Crippen LogP contribution >= 0.6 is 11.3 Å². The molecule has 1 amide bonds. The van der Waals surface area contributed by atoms with Crippen LogP contribution in [0.4, 0.5) is 5.13 Å². The number of aromatic nitrogens is 1. The number of hydrogen-bond donors (Lipinski definition) is 1. The van der Waals surface area contributed by atoms with Gasteiger partial charge in [0.15, 0.2) is 5.13 Å². The largest absolute Gasteiger partial charge is 0.298 e. The van der Waals surface area contributed by atoms with Gasteiger partial charge in [0.2, 0.25) is 0 Å². The molecule has 0 fully saturated rings. The van der Waals surface area contributed by atoms with E-state index in [-0.39, 0.29) is 11.3 Å². The molecule has 1 heterocycles. The summed E-state index contributed by atoms with van der Waals surface area (Å²) in [5.74, 6) is -0.116. The Morgan fingerprint density at radius 3 is 2.37 bits per heavy atom. The molecule has 1 N–H and O–H groups in total. The quantitative estimate of drug-likeness (QED) is 0.899. The maximum Gasteiger partial charge on any atom is 0.257 e. The molecule has 0 radical (unpaired) electrons. The molecular weight excluding hydrogens is 256 g/mol. The van der Waals surface area contributed by atoms with Gasteiger partial charge in [-0.1, -0.05) is 39.0 Å². The van der Waals surface area contributed by atoms with E-state index in [1.165, 1.54) is 4.88 Å². The number of nitrogens with one attached hydrogen (secondary N) is 1. The second-order valence-electron chi connectivity index (χ2n) is 5.50. The molecule has 0 bridgehead atoms. The van der Waals surface area contributed by atoms with Gasteiger partial charge in [-0.2, -0.15) is 0 Å². The third kappa shape index (κ3) is 3.20. The first-order valence-electron chi connectivity index (χ1n) is 6.22. The van der Waals surface area contributed by atoms with Crippen LogP contribution in [0.1, 0.15) is 41.7 Å². The third-order valence-electron chi connectivity index (χ3n) is 2.73. The van der Waals surface area contributed by atoms with E-state index in [2.05, 4.69) is 31.1 Å². The molecule has 1 aromatic carbocycles. The number of hydrogen-bond acceptors (Lipinski definition) is 3.